The largest absolute Gasteiger partial charge is 0.493 e. The van der Waals surface area contributed by atoms with Gasteiger partial charge >= 0.3 is 6.03 Å². The van der Waals surface area contributed by atoms with Crippen molar-refractivity contribution in [2.24, 2.45) is 0 Å². The molecule has 1 atom stereocenters. The summed E-state index contributed by atoms with van der Waals surface area (Å²) in [7, 11) is 0. The van der Waals surface area contributed by atoms with Crippen molar-refractivity contribution in [3.05, 3.63) is 59.7 Å². The minimum Gasteiger partial charge on any atom is -0.493 e. The van der Waals surface area contributed by atoms with Crippen LogP contribution in [0.1, 0.15) is 30.5 Å². The molecule has 1 N–H and O–H groups in total. The smallest absolute Gasteiger partial charge is 0.322 e. The second-order valence-corrected chi connectivity index (χ2v) is 5.76. The summed E-state index contributed by atoms with van der Waals surface area (Å²) in [6.07, 6.45) is 0.786. The van der Waals surface area contributed by atoms with Crippen molar-refractivity contribution < 1.29 is 9.53 Å². The number of aryl methyl sites for hydroxylation is 1. The lowest BCUT2D eigenvalue weighted by atomic mass is 10.0. The van der Waals surface area contributed by atoms with Crippen LogP contribution in [-0.2, 0) is 0 Å². The Morgan fingerprint density at radius 2 is 2.09 bits per heavy atom. The molecular weight excluding hydrogens is 288 g/mol. The normalized spacial score (nSPS) is 16.2. The zero-order chi connectivity index (χ0) is 16.2. The van der Waals surface area contributed by atoms with Gasteiger partial charge in [0.25, 0.3) is 0 Å². The predicted molar refractivity (Wildman–Crippen MR) is 92.0 cm³/mol. The van der Waals surface area contributed by atoms with Crippen LogP contribution in [0.2, 0.25) is 0 Å². The molecule has 0 saturated heterocycles. The van der Waals surface area contributed by atoms with Crippen LogP contribution in [0.25, 0.3) is 0 Å². The number of amides is 2. The van der Waals surface area contributed by atoms with Gasteiger partial charge in [0, 0.05) is 24.2 Å². The zero-order valence-electron chi connectivity index (χ0n) is 13.6. The number of nitrogens with one attached hydrogen (secondary N) is 1. The van der Waals surface area contributed by atoms with E-state index >= 15 is 0 Å². The summed E-state index contributed by atoms with van der Waals surface area (Å²) in [4.78, 5) is 14.5. The average molecular weight is 310 g/mol. The van der Waals surface area contributed by atoms with Gasteiger partial charge < -0.3 is 10.1 Å². The highest BCUT2D eigenvalue weighted by Gasteiger charge is 2.24. The molecule has 0 fully saturated rings. The van der Waals surface area contributed by atoms with E-state index in [1.807, 2.05) is 62.4 Å². The van der Waals surface area contributed by atoms with E-state index in [1.54, 1.807) is 4.90 Å². The molecule has 0 radical (unpaired) electrons. The van der Waals surface area contributed by atoms with Crippen LogP contribution in [0.5, 0.6) is 5.75 Å². The number of carbonyl (C=O) groups excluding carboxylic acids is 1. The molecule has 0 aromatic heterocycles. The molecule has 2 amide bonds. The van der Waals surface area contributed by atoms with Crippen molar-refractivity contribution in [3.8, 4) is 5.75 Å². The third-order valence-electron chi connectivity index (χ3n) is 4.13. The molecule has 120 valence electrons. The molecular formula is C19H22N2O2. The first-order valence-electron chi connectivity index (χ1n) is 8.05. The Hall–Kier alpha value is -2.49. The van der Waals surface area contributed by atoms with Crippen LogP contribution in [-0.4, -0.2) is 19.2 Å². The highest BCUT2D eigenvalue weighted by molar-refractivity contribution is 5.92. The third kappa shape index (κ3) is 3.31. The molecule has 0 saturated carbocycles. The van der Waals surface area contributed by atoms with Crippen LogP contribution in [0.15, 0.2) is 48.5 Å². The molecule has 0 bridgehead atoms. The van der Waals surface area contributed by atoms with Gasteiger partial charge in [0.15, 0.2) is 0 Å². The minimum absolute atomic E-state index is 0.00805. The van der Waals surface area contributed by atoms with E-state index in [0.29, 0.717) is 13.2 Å². The van der Waals surface area contributed by atoms with Gasteiger partial charge in [-0.15, -0.1) is 0 Å². The fraction of sp³-hybridized carbons (Fsp3) is 0.316. The van der Waals surface area contributed by atoms with E-state index in [1.165, 1.54) is 0 Å². The first kappa shape index (κ1) is 15.4. The fourth-order valence-electron chi connectivity index (χ4n) is 2.96. The predicted octanol–water partition coefficient (Wildman–Crippen LogP) is 4.05. The first-order valence-corrected chi connectivity index (χ1v) is 8.05. The van der Waals surface area contributed by atoms with Crippen LogP contribution < -0.4 is 15.0 Å². The molecule has 2 aromatic carbocycles. The summed E-state index contributed by atoms with van der Waals surface area (Å²) in [6.45, 7) is 5.27. The van der Waals surface area contributed by atoms with Crippen LogP contribution in [0, 0.1) is 6.92 Å². The second-order valence-electron chi connectivity index (χ2n) is 5.76. The number of carbonyl (C=O) groups is 1. The standard InChI is InChI=1S/C19H22N2O2/c1-3-21(15-8-6-7-14(2)13-15)19(22)20-17-11-12-23-18-10-5-4-9-16(17)18/h4-10,13,17H,3,11-12H2,1-2H3,(H,20,22). The molecule has 0 spiro atoms. The van der Waals surface area contributed by atoms with Gasteiger partial charge in [-0.3, -0.25) is 4.90 Å². The van der Waals surface area contributed by atoms with Crippen molar-refractivity contribution in [3.63, 3.8) is 0 Å². The van der Waals surface area contributed by atoms with Crippen molar-refractivity contribution in [2.75, 3.05) is 18.1 Å². The van der Waals surface area contributed by atoms with Gasteiger partial charge in [0.05, 0.1) is 12.6 Å². The summed E-state index contributed by atoms with van der Waals surface area (Å²) in [5, 5.41) is 3.15. The average Bonchev–Trinajstić information content (AvgIpc) is 2.56. The highest BCUT2D eigenvalue weighted by Crippen LogP contribution is 2.31. The maximum atomic E-state index is 12.7. The van der Waals surface area contributed by atoms with Gasteiger partial charge in [-0.2, -0.15) is 0 Å². The monoisotopic (exact) mass is 310 g/mol. The van der Waals surface area contributed by atoms with Crippen molar-refractivity contribution in [2.45, 2.75) is 26.3 Å². The molecule has 1 aliphatic heterocycles. The summed E-state index contributed by atoms with van der Waals surface area (Å²) in [5.74, 6) is 0.864. The Labute approximate surface area is 137 Å². The SMILES string of the molecule is CCN(C(=O)NC1CCOc2ccccc21)c1cccc(C)c1. The van der Waals surface area contributed by atoms with Gasteiger partial charge in [0.1, 0.15) is 5.75 Å². The first-order chi connectivity index (χ1) is 11.2. The zero-order valence-corrected chi connectivity index (χ0v) is 13.6. The maximum absolute atomic E-state index is 12.7. The summed E-state index contributed by atoms with van der Waals surface area (Å²) >= 11 is 0. The number of ether oxygens (including phenoxy) is 1. The maximum Gasteiger partial charge on any atom is 0.322 e. The van der Waals surface area contributed by atoms with E-state index in [4.69, 9.17) is 4.74 Å². The van der Waals surface area contributed by atoms with E-state index in [9.17, 15) is 4.79 Å². The van der Waals surface area contributed by atoms with E-state index in [2.05, 4.69) is 5.32 Å². The molecule has 3 rings (SSSR count). The molecule has 4 nitrogen and oxygen atoms in total. The lowest BCUT2D eigenvalue weighted by molar-refractivity contribution is 0.228. The Morgan fingerprint density at radius 3 is 2.87 bits per heavy atom. The van der Waals surface area contributed by atoms with Crippen molar-refractivity contribution in [1.82, 2.24) is 5.32 Å². The van der Waals surface area contributed by atoms with E-state index in [0.717, 1.165) is 29.0 Å². The van der Waals surface area contributed by atoms with Gasteiger partial charge in [-0.1, -0.05) is 30.3 Å². The number of hydrogen-bond acceptors (Lipinski definition) is 2. The van der Waals surface area contributed by atoms with Crippen LogP contribution >= 0.6 is 0 Å². The molecule has 0 aliphatic carbocycles. The second kappa shape index (κ2) is 6.73. The quantitative estimate of drug-likeness (QED) is 0.929. The number of benzene rings is 2. The van der Waals surface area contributed by atoms with Gasteiger partial charge in [0.2, 0.25) is 0 Å². The fourth-order valence-corrected chi connectivity index (χ4v) is 2.96. The molecule has 1 unspecified atom stereocenters. The van der Waals surface area contributed by atoms with Gasteiger partial charge in [-0.25, -0.2) is 4.79 Å². The highest BCUT2D eigenvalue weighted by atomic mass is 16.5. The lowest BCUT2D eigenvalue weighted by Crippen LogP contribution is -2.42. The Bertz CT molecular complexity index is 699. The summed E-state index contributed by atoms with van der Waals surface area (Å²) < 4.78 is 5.66. The Morgan fingerprint density at radius 1 is 1.26 bits per heavy atom. The molecule has 1 heterocycles. The van der Waals surface area contributed by atoms with Crippen LogP contribution in [0.4, 0.5) is 10.5 Å². The van der Waals surface area contributed by atoms with Crippen molar-refractivity contribution >= 4 is 11.7 Å². The number of nitrogens with zero attached hydrogens (tertiary/aromatic N) is 1. The third-order valence-corrected chi connectivity index (χ3v) is 4.13. The Kier molecular flexibility index (Phi) is 4.51. The summed E-state index contributed by atoms with van der Waals surface area (Å²) in [5.41, 5.74) is 3.11. The molecule has 2 aromatic rings. The number of fused-ring (bicyclic) bond motifs is 1. The number of hydrogen-bond donors (Lipinski definition) is 1. The number of urea groups is 1. The topological polar surface area (TPSA) is 41.6 Å². The Balaban J connectivity index is 1.78. The minimum atomic E-state index is -0.0696. The van der Waals surface area contributed by atoms with E-state index in [-0.39, 0.29) is 12.1 Å². The lowest BCUT2D eigenvalue weighted by Gasteiger charge is -2.29. The number of anilines is 1. The number of rotatable bonds is 3. The molecule has 1 aliphatic rings. The molecule has 4 heteroatoms. The molecule has 23 heavy (non-hydrogen) atoms. The van der Waals surface area contributed by atoms with E-state index < -0.39 is 0 Å². The van der Waals surface area contributed by atoms with Crippen LogP contribution in [0.3, 0.4) is 0 Å². The van der Waals surface area contributed by atoms with Crippen molar-refractivity contribution in [1.29, 1.82) is 0 Å². The summed E-state index contributed by atoms with van der Waals surface area (Å²) in [6, 6.07) is 15.8. The number of para-hydroxylation sites is 1. The van der Waals surface area contributed by atoms with Gasteiger partial charge in [-0.05, 0) is 37.6 Å².